The van der Waals surface area contributed by atoms with Crippen LogP contribution in [0.1, 0.15) is 60.8 Å². The molecule has 0 radical (unpaired) electrons. The molecule has 0 saturated heterocycles. The summed E-state index contributed by atoms with van der Waals surface area (Å²) < 4.78 is 11.5. The van der Waals surface area contributed by atoms with Gasteiger partial charge < -0.3 is 9.47 Å². The fraction of sp³-hybridized carbons (Fsp3) is 0.857. The van der Waals surface area contributed by atoms with E-state index in [0.717, 1.165) is 25.0 Å². The van der Waals surface area contributed by atoms with Crippen molar-refractivity contribution in [3.63, 3.8) is 0 Å². The highest BCUT2D eigenvalue weighted by atomic mass is 16.5. The SMILES string of the molecule is CCC=C(CC[C@H](C)OC(C)C)OC(C)C. The van der Waals surface area contributed by atoms with E-state index in [-0.39, 0.29) is 6.10 Å². The van der Waals surface area contributed by atoms with Crippen molar-refractivity contribution < 1.29 is 9.47 Å². The van der Waals surface area contributed by atoms with Gasteiger partial charge in [0.1, 0.15) is 0 Å². The Morgan fingerprint density at radius 3 is 2.12 bits per heavy atom. The fourth-order valence-electron chi connectivity index (χ4n) is 1.62. The topological polar surface area (TPSA) is 18.5 Å². The van der Waals surface area contributed by atoms with Gasteiger partial charge in [-0.25, -0.2) is 0 Å². The zero-order chi connectivity index (χ0) is 12.6. The minimum absolute atomic E-state index is 0.263. The highest BCUT2D eigenvalue weighted by molar-refractivity contribution is 4.93. The standard InChI is InChI=1S/C14H28O2/c1-7-8-14(16-12(4)5)10-9-13(6)15-11(2)3/h8,11-13H,7,9-10H2,1-6H3/t13-/m0/s1. The molecule has 0 bridgehead atoms. The van der Waals surface area contributed by atoms with Crippen LogP contribution in [0.25, 0.3) is 0 Å². The molecule has 0 aromatic heterocycles. The molecule has 0 aliphatic carbocycles. The van der Waals surface area contributed by atoms with Crippen molar-refractivity contribution in [3.05, 3.63) is 11.8 Å². The molecule has 0 aromatic carbocycles. The van der Waals surface area contributed by atoms with Crippen molar-refractivity contribution in [1.29, 1.82) is 0 Å². The molecule has 0 saturated carbocycles. The van der Waals surface area contributed by atoms with Crippen LogP contribution >= 0.6 is 0 Å². The molecule has 0 amide bonds. The van der Waals surface area contributed by atoms with Gasteiger partial charge in [-0.05, 0) is 53.5 Å². The predicted molar refractivity (Wildman–Crippen MR) is 69.5 cm³/mol. The minimum atomic E-state index is 0.263. The molecule has 0 aliphatic heterocycles. The first-order chi connectivity index (χ1) is 7.45. The van der Waals surface area contributed by atoms with Gasteiger partial charge in [-0.15, -0.1) is 0 Å². The highest BCUT2D eigenvalue weighted by Gasteiger charge is 2.08. The van der Waals surface area contributed by atoms with E-state index in [9.17, 15) is 0 Å². The molecule has 0 aliphatic rings. The van der Waals surface area contributed by atoms with Crippen LogP contribution in [-0.2, 0) is 9.47 Å². The Morgan fingerprint density at radius 2 is 1.69 bits per heavy atom. The second kappa shape index (κ2) is 8.63. The van der Waals surface area contributed by atoms with E-state index in [0.29, 0.717) is 12.2 Å². The number of hydrogen-bond donors (Lipinski definition) is 0. The van der Waals surface area contributed by atoms with Crippen LogP contribution in [0.5, 0.6) is 0 Å². The molecule has 0 N–H and O–H groups in total. The molecule has 16 heavy (non-hydrogen) atoms. The Kier molecular flexibility index (Phi) is 8.36. The summed E-state index contributed by atoms with van der Waals surface area (Å²) in [4.78, 5) is 0. The third-order valence-electron chi connectivity index (χ3n) is 2.12. The smallest absolute Gasteiger partial charge is 0.0926 e. The Bertz CT molecular complexity index is 195. The van der Waals surface area contributed by atoms with Crippen LogP contribution in [0.2, 0.25) is 0 Å². The van der Waals surface area contributed by atoms with E-state index in [1.807, 2.05) is 0 Å². The highest BCUT2D eigenvalue weighted by Crippen LogP contribution is 2.14. The molecule has 1 atom stereocenters. The van der Waals surface area contributed by atoms with Gasteiger partial charge in [-0.2, -0.15) is 0 Å². The van der Waals surface area contributed by atoms with Crippen molar-refractivity contribution in [1.82, 2.24) is 0 Å². The normalized spacial score (nSPS) is 14.6. The average Bonchev–Trinajstić information content (AvgIpc) is 2.12. The van der Waals surface area contributed by atoms with Crippen LogP contribution in [0.15, 0.2) is 11.8 Å². The van der Waals surface area contributed by atoms with E-state index in [2.05, 4.69) is 47.6 Å². The maximum Gasteiger partial charge on any atom is 0.0926 e. The summed E-state index contributed by atoms with van der Waals surface area (Å²) in [6.45, 7) is 12.5. The third kappa shape index (κ3) is 8.78. The van der Waals surface area contributed by atoms with E-state index < -0.39 is 0 Å². The summed E-state index contributed by atoms with van der Waals surface area (Å²) in [6, 6.07) is 0. The van der Waals surface area contributed by atoms with Crippen LogP contribution in [0, 0.1) is 0 Å². The molecular formula is C14H28O2. The molecule has 0 spiro atoms. The van der Waals surface area contributed by atoms with Gasteiger partial charge in [0.25, 0.3) is 0 Å². The van der Waals surface area contributed by atoms with Gasteiger partial charge in [-0.1, -0.05) is 6.92 Å². The number of ether oxygens (including phenoxy) is 2. The maximum absolute atomic E-state index is 5.75. The van der Waals surface area contributed by atoms with Crippen molar-refractivity contribution in [3.8, 4) is 0 Å². The molecular weight excluding hydrogens is 200 g/mol. The van der Waals surface area contributed by atoms with Crippen LogP contribution in [0.3, 0.4) is 0 Å². The monoisotopic (exact) mass is 228 g/mol. The lowest BCUT2D eigenvalue weighted by molar-refractivity contribution is 0.0112. The summed E-state index contributed by atoms with van der Waals surface area (Å²) in [5.74, 6) is 1.11. The van der Waals surface area contributed by atoms with E-state index in [1.165, 1.54) is 0 Å². The van der Waals surface area contributed by atoms with Gasteiger partial charge >= 0.3 is 0 Å². The summed E-state index contributed by atoms with van der Waals surface area (Å²) >= 11 is 0. The number of rotatable bonds is 8. The Hall–Kier alpha value is -0.500. The van der Waals surface area contributed by atoms with Crippen LogP contribution in [-0.4, -0.2) is 18.3 Å². The first-order valence-electron chi connectivity index (χ1n) is 6.46. The zero-order valence-electron chi connectivity index (χ0n) is 11.7. The second-order valence-corrected chi connectivity index (χ2v) is 4.78. The Morgan fingerprint density at radius 1 is 1.06 bits per heavy atom. The first-order valence-corrected chi connectivity index (χ1v) is 6.46. The number of hydrogen-bond acceptors (Lipinski definition) is 2. The van der Waals surface area contributed by atoms with Crippen LogP contribution in [0.4, 0.5) is 0 Å². The van der Waals surface area contributed by atoms with Crippen LogP contribution < -0.4 is 0 Å². The molecule has 0 aromatic rings. The summed E-state index contributed by atoms with van der Waals surface area (Å²) in [6.07, 6.45) is 6.06. The summed E-state index contributed by atoms with van der Waals surface area (Å²) in [5, 5.41) is 0. The molecule has 0 unspecified atom stereocenters. The lowest BCUT2D eigenvalue weighted by Crippen LogP contribution is -2.15. The Balaban J connectivity index is 3.97. The zero-order valence-corrected chi connectivity index (χ0v) is 11.7. The maximum atomic E-state index is 5.75. The molecule has 0 fully saturated rings. The van der Waals surface area contributed by atoms with Crippen molar-refractivity contribution in [2.24, 2.45) is 0 Å². The van der Waals surface area contributed by atoms with Gasteiger partial charge in [0.05, 0.1) is 24.1 Å². The lowest BCUT2D eigenvalue weighted by Gasteiger charge is -2.18. The average molecular weight is 228 g/mol. The van der Waals surface area contributed by atoms with E-state index in [1.54, 1.807) is 0 Å². The third-order valence-corrected chi connectivity index (χ3v) is 2.12. The molecule has 96 valence electrons. The lowest BCUT2D eigenvalue weighted by atomic mass is 10.1. The Labute approximate surface area is 101 Å². The summed E-state index contributed by atoms with van der Waals surface area (Å²) in [5.41, 5.74) is 0. The quantitative estimate of drug-likeness (QED) is 0.577. The van der Waals surface area contributed by atoms with Gasteiger partial charge in [0.2, 0.25) is 0 Å². The molecule has 2 heteroatoms. The van der Waals surface area contributed by atoms with Crippen molar-refractivity contribution in [2.75, 3.05) is 0 Å². The predicted octanol–water partition coefficient (Wildman–Crippen LogP) is 4.30. The number of allylic oxidation sites excluding steroid dienone is 2. The molecule has 0 heterocycles. The first kappa shape index (κ1) is 15.5. The molecule has 0 rings (SSSR count). The van der Waals surface area contributed by atoms with Gasteiger partial charge in [0, 0.05) is 6.42 Å². The fourth-order valence-corrected chi connectivity index (χ4v) is 1.62. The van der Waals surface area contributed by atoms with Crippen molar-refractivity contribution >= 4 is 0 Å². The van der Waals surface area contributed by atoms with Crippen molar-refractivity contribution in [2.45, 2.75) is 79.1 Å². The van der Waals surface area contributed by atoms with E-state index >= 15 is 0 Å². The summed E-state index contributed by atoms with van der Waals surface area (Å²) in [7, 11) is 0. The largest absolute Gasteiger partial charge is 0.496 e. The minimum Gasteiger partial charge on any atom is -0.496 e. The van der Waals surface area contributed by atoms with Gasteiger partial charge in [-0.3, -0.25) is 0 Å². The van der Waals surface area contributed by atoms with E-state index in [4.69, 9.17) is 9.47 Å². The van der Waals surface area contributed by atoms with Gasteiger partial charge in [0.15, 0.2) is 0 Å². The molecule has 2 nitrogen and oxygen atoms in total. The second-order valence-electron chi connectivity index (χ2n) is 4.78.